The van der Waals surface area contributed by atoms with Crippen molar-refractivity contribution in [3.63, 3.8) is 0 Å². The van der Waals surface area contributed by atoms with Crippen molar-refractivity contribution in [3.05, 3.63) is 60.0 Å². The second-order valence-corrected chi connectivity index (χ2v) is 10.7. The Morgan fingerprint density at radius 3 is 2.64 bits per heavy atom. The number of urea groups is 1. The van der Waals surface area contributed by atoms with Crippen molar-refractivity contribution in [2.45, 2.75) is 38.3 Å². The van der Waals surface area contributed by atoms with E-state index in [0.29, 0.717) is 51.4 Å². The van der Waals surface area contributed by atoms with Crippen LogP contribution in [0.5, 0.6) is 5.75 Å². The Kier molecular flexibility index (Phi) is 7.56. The summed E-state index contributed by atoms with van der Waals surface area (Å²) < 4.78 is 5.43. The van der Waals surface area contributed by atoms with E-state index in [1.54, 1.807) is 13.3 Å². The molecule has 4 heterocycles. The molecule has 3 amide bonds. The Hall–Kier alpha value is -3.92. The van der Waals surface area contributed by atoms with Crippen LogP contribution in [0.4, 0.5) is 10.6 Å². The van der Waals surface area contributed by atoms with E-state index < -0.39 is 5.54 Å². The predicted octanol–water partition coefficient (Wildman–Crippen LogP) is 3.41. The fourth-order valence-electron chi connectivity index (χ4n) is 5.71. The number of carbonyl (C=O) groups is 2. The molecule has 1 aromatic carbocycles. The number of benzene rings is 1. The van der Waals surface area contributed by atoms with Gasteiger partial charge in [-0.15, -0.1) is 0 Å². The van der Waals surface area contributed by atoms with Gasteiger partial charge in [0.25, 0.3) is 0 Å². The molecule has 1 N–H and O–H groups in total. The van der Waals surface area contributed by atoms with Crippen LogP contribution in [-0.4, -0.2) is 94.7 Å². The third-order valence-corrected chi connectivity index (χ3v) is 7.84. The van der Waals surface area contributed by atoms with Gasteiger partial charge in [0.15, 0.2) is 0 Å². The van der Waals surface area contributed by atoms with E-state index in [1.165, 1.54) is 0 Å². The fourth-order valence-corrected chi connectivity index (χ4v) is 5.71. The summed E-state index contributed by atoms with van der Waals surface area (Å²) in [7, 11) is 5.46. The molecular weight excluding hydrogens is 494 g/mol. The van der Waals surface area contributed by atoms with Gasteiger partial charge in [-0.1, -0.05) is 19.1 Å². The zero-order chi connectivity index (χ0) is 27.6. The van der Waals surface area contributed by atoms with E-state index >= 15 is 0 Å². The van der Waals surface area contributed by atoms with E-state index in [2.05, 4.69) is 17.1 Å². The number of anilines is 1. The second kappa shape index (κ2) is 11.1. The molecular formula is C29H37N7O3. The highest BCUT2D eigenvalue weighted by Crippen LogP contribution is 2.40. The lowest BCUT2D eigenvalue weighted by atomic mass is 9.86. The largest absolute Gasteiger partial charge is 0.497 e. The number of nitrogens with one attached hydrogen (secondary N) is 1. The first-order valence-electron chi connectivity index (χ1n) is 13.5. The molecule has 0 radical (unpaired) electrons. The minimum Gasteiger partial charge on any atom is -0.497 e. The Labute approximate surface area is 229 Å². The van der Waals surface area contributed by atoms with Crippen LogP contribution in [0.1, 0.15) is 31.0 Å². The number of hydrogen-bond acceptors (Lipinski definition) is 6. The number of rotatable bonds is 8. The smallest absolute Gasteiger partial charge is 0.326 e. The molecule has 2 aliphatic rings. The van der Waals surface area contributed by atoms with Crippen LogP contribution in [0.3, 0.4) is 0 Å². The summed E-state index contributed by atoms with van der Waals surface area (Å²) in [6.45, 7) is 4.69. The summed E-state index contributed by atoms with van der Waals surface area (Å²) >= 11 is 0. The lowest BCUT2D eigenvalue weighted by Crippen LogP contribution is -2.55. The molecule has 0 bridgehead atoms. The van der Waals surface area contributed by atoms with Crippen molar-refractivity contribution in [2.75, 3.05) is 52.3 Å². The molecule has 0 saturated carbocycles. The molecule has 2 fully saturated rings. The molecule has 0 unspecified atom stereocenters. The average Bonchev–Trinajstić information content (AvgIpc) is 3.57. The highest BCUT2D eigenvalue weighted by atomic mass is 16.5. The first-order chi connectivity index (χ1) is 18.8. The third kappa shape index (κ3) is 5.34. The van der Waals surface area contributed by atoms with Gasteiger partial charge in [-0.3, -0.25) is 14.8 Å². The third-order valence-electron chi connectivity index (χ3n) is 7.84. The number of pyridine rings is 1. The standard InChI is InChI=1S/C29H37N7O3/c1-5-25-24(22-16-30-31-17-22)9-10-26(32-25)35-20-29(11-13-34(14-12-29)27(37)19-33(2)3)36(28(35)38)18-21-7-6-8-23(15-21)39-4/h6-10,15-17H,5,11-14,18-20H2,1-4H3,(H,30,31). The van der Waals surface area contributed by atoms with Crippen LogP contribution in [0.2, 0.25) is 0 Å². The number of likely N-dealkylation sites (tertiary alicyclic amines) is 1. The van der Waals surface area contributed by atoms with Crippen LogP contribution in [0.15, 0.2) is 48.8 Å². The van der Waals surface area contributed by atoms with Crippen LogP contribution in [-0.2, 0) is 17.8 Å². The predicted molar refractivity (Wildman–Crippen MR) is 150 cm³/mol. The molecule has 1 spiro atoms. The van der Waals surface area contributed by atoms with E-state index in [4.69, 9.17) is 9.72 Å². The molecule has 3 aromatic rings. The van der Waals surface area contributed by atoms with Crippen LogP contribution in [0, 0.1) is 0 Å². The van der Waals surface area contributed by atoms with Gasteiger partial charge in [-0.05, 0) is 63.2 Å². The Bertz CT molecular complexity index is 1320. The summed E-state index contributed by atoms with van der Waals surface area (Å²) in [5.41, 5.74) is 3.52. The number of aromatic nitrogens is 3. The molecule has 2 aromatic heterocycles. The van der Waals surface area contributed by atoms with Crippen molar-refractivity contribution in [1.82, 2.24) is 29.9 Å². The fraction of sp³-hybridized carbons (Fsp3) is 0.448. The number of aromatic amines is 1. The first kappa shape index (κ1) is 26.7. The summed E-state index contributed by atoms with van der Waals surface area (Å²) in [6.07, 6.45) is 5.80. The Balaban J connectivity index is 1.45. The summed E-state index contributed by atoms with van der Waals surface area (Å²) in [5.74, 6) is 1.54. The number of aryl methyl sites for hydroxylation is 1. The number of H-pyrrole nitrogens is 1. The highest BCUT2D eigenvalue weighted by molar-refractivity contribution is 5.95. The lowest BCUT2D eigenvalue weighted by molar-refractivity contribution is -0.134. The molecule has 10 heteroatoms. The van der Waals surface area contributed by atoms with Crippen molar-refractivity contribution in [3.8, 4) is 16.9 Å². The van der Waals surface area contributed by atoms with Crippen molar-refractivity contribution in [1.29, 1.82) is 0 Å². The van der Waals surface area contributed by atoms with Gasteiger partial charge in [0.05, 0.1) is 37.6 Å². The summed E-state index contributed by atoms with van der Waals surface area (Å²) in [5, 5.41) is 6.94. The Morgan fingerprint density at radius 2 is 1.97 bits per heavy atom. The molecule has 206 valence electrons. The molecule has 2 aliphatic heterocycles. The first-order valence-corrected chi connectivity index (χ1v) is 13.5. The zero-order valence-corrected chi connectivity index (χ0v) is 23.2. The maximum Gasteiger partial charge on any atom is 0.326 e. The van der Waals surface area contributed by atoms with E-state index in [1.807, 2.05) is 76.3 Å². The van der Waals surface area contributed by atoms with Gasteiger partial charge >= 0.3 is 6.03 Å². The van der Waals surface area contributed by atoms with Crippen LogP contribution >= 0.6 is 0 Å². The van der Waals surface area contributed by atoms with Gasteiger partial charge in [0.2, 0.25) is 5.91 Å². The van der Waals surface area contributed by atoms with Gasteiger partial charge in [0, 0.05) is 37.0 Å². The molecule has 0 atom stereocenters. The highest BCUT2D eigenvalue weighted by Gasteiger charge is 2.52. The minimum absolute atomic E-state index is 0.0588. The van der Waals surface area contributed by atoms with Crippen molar-refractivity contribution < 1.29 is 14.3 Å². The molecule has 5 rings (SSSR count). The molecule has 10 nitrogen and oxygen atoms in total. The van der Waals surface area contributed by atoms with E-state index in [-0.39, 0.29) is 11.9 Å². The lowest BCUT2D eigenvalue weighted by Gasteiger charge is -2.44. The number of methoxy groups -OCH3 is 1. The maximum atomic E-state index is 14.1. The number of amides is 3. The molecule has 2 saturated heterocycles. The monoisotopic (exact) mass is 531 g/mol. The number of likely N-dealkylation sites (N-methyl/N-ethyl adjacent to an activating group) is 1. The number of nitrogens with zero attached hydrogens (tertiary/aromatic N) is 6. The summed E-state index contributed by atoms with van der Waals surface area (Å²) in [4.78, 5) is 39.4. The van der Waals surface area contributed by atoms with Crippen molar-refractivity contribution >= 4 is 17.8 Å². The van der Waals surface area contributed by atoms with Gasteiger partial charge in [-0.25, -0.2) is 9.78 Å². The van der Waals surface area contributed by atoms with Crippen LogP contribution < -0.4 is 9.64 Å². The zero-order valence-electron chi connectivity index (χ0n) is 23.2. The molecule has 39 heavy (non-hydrogen) atoms. The van der Waals surface area contributed by atoms with Gasteiger partial charge in [0.1, 0.15) is 11.6 Å². The minimum atomic E-state index is -0.396. The van der Waals surface area contributed by atoms with Gasteiger partial charge in [-0.2, -0.15) is 5.10 Å². The van der Waals surface area contributed by atoms with E-state index in [0.717, 1.165) is 34.6 Å². The van der Waals surface area contributed by atoms with Crippen LogP contribution in [0.25, 0.3) is 11.1 Å². The topological polar surface area (TPSA) is 97.9 Å². The quantitative estimate of drug-likeness (QED) is 0.479. The Morgan fingerprint density at radius 1 is 1.18 bits per heavy atom. The van der Waals surface area contributed by atoms with Crippen molar-refractivity contribution in [2.24, 2.45) is 0 Å². The maximum absolute atomic E-state index is 14.1. The number of carbonyl (C=O) groups excluding carboxylic acids is 2. The molecule has 0 aliphatic carbocycles. The normalized spacial score (nSPS) is 16.9. The van der Waals surface area contributed by atoms with E-state index in [9.17, 15) is 9.59 Å². The SMILES string of the molecule is CCc1nc(N2CC3(CCN(C(=O)CN(C)C)CC3)N(Cc3cccc(OC)c3)C2=O)ccc1-c1cn[nH]c1. The van der Waals surface area contributed by atoms with Gasteiger partial charge < -0.3 is 19.4 Å². The second-order valence-electron chi connectivity index (χ2n) is 10.7. The average molecular weight is 532 g/mol. The number of ether oxygens (including phenoxy) is 1. The number of piperidine rings is 1. The summed E-state index contributed by atoms with van der Waals surface area (Å²) in [6, 6.07) is 11.8. The number of hydrogen-bond donors (Lipinski definition) is 1.